The normalized spacial score (nSPS) is 11.8. The van der Waals surface area contributed by atoms with Gasteiger partial charge in [-0.2, -0.15) is 0 Å². The SMILES string of the molecule is CCCCCCCCCCCCCCN(CCCCCCCCCCCCCC)CCC(C)C. The number of hydrogen-bond donors (Lipinski definition) is 0. The van der Waals surface area contributed by atoms with E-state index in [-0.39, 0.29) is 0 Å². The Bertz CT molecular complexity index is 322. The summed E-state index contributed by atoms with van der Waals surface area (Å²) < 4.78 is 0. The van der Waals surface area contributed by atoms with Crippen LogP contribution in [0.5, 0.6) is 0 Å². The zero-order valence-corrected chi connectivity index (χ0v) is 24.8. The van der Waals surface area contributed by atoms with Gasteiger partial charge in [0.05, 0.1) is 0 Å². The van der Waals surface area contributed by atoms with Crippen molar-refractivity contribution in [1.82, 2.24) is 4.90 Å². The van der Waals surface area contributed by atoms with Gasteiger partial charge in [0.1, 0.15) is 0 Å². The number of rotatable bonds is 29. The second-order valence-corrected chi connectivity index (χ2v) is 11.8. The summed E-state index contributed by atoms with van der Waals surface area (Å²) in [6, 6.07) is 0. The minimum absolute atomic E-state index is 0.839. The highest BCUT2D eigenvalue weighted by atomic mass is 15.1. The Balaban J connectivity index is 3.60. The van der Waals surface area contributed by atoms with Crippen LogP contribution in [0.1, 0.15) is 188 Å². The van der Waals surface area contributed by atoms with E-state index in [1.54, 1.807) is 0 Å². The van der Waals surface area contributed by atoms with Gasteiger partial charge in [0, 0.05) is 0 Å². The Morgan fingerprint density at radius 3 is 0.882 bits per heavy atom. The molecule has 206 valence electrons. The predicted molar refractivity (Wildman–Crippen MR) is 158 cm³/mol. The van der Waals surface area contributed by atoms with Crippen molar-refractivity contribution >= 4 is 0 Å². The van der Waals surface area contributed by atoms with Crippen LogP contribution in [0.3, 0.4) is 0 Å². The van der Waals surface area contributed by atoms with Crippen molar-refractivity contribution < 1.29 is 0 Å². The molecule has 0 aromatic carbocycles. The molecule has 0 N–H and O–H groups in total. The molecule has 0 aromatic heterocycles. The lowest BCUT2D eigenvalue weighted by Gasteiger charge is -2.23. The average Bonchev–Trinajstić information content (AvgIpc) is 2.83. The Hall–Kier alpha value is -0.0400. The topological polar surface area (TPSA) is 3.24 Å². The first-order valence-electron chi connectivity index (χ1n) is 16.4. The molecule has 0 rings (SSSR count). The third-order valence-corrected chi connectivity index (χ3v) is 7.68. The molecule has 0 aliphatic carbocycles. The van der Waals surface area contributed by atoms with Crippen molar-refractivity contribution in [3.05, 3.63) is 0 Å². The van der Waals surface area contributed by atoms with Gasteiger partial charge >= 0.3 is 0 Å². The first-order chi connectivity index (χ1) is 16.7. The third kappa shape index (κ3) is 28.2. The van der Waals surface area contributed by atoms with Crippen LogP contribution in [0.15, 0.2) is 0 Å². The maximum absolute atomic E-state index is 2.80. The summed E-state index contributed by atoms with van der Waals surface area (Å²) in [7, 11) is 0. The van der Waals surface area contributed by atoms with Crippen LogP contribution < -0.4 is 0 Å². The molecule has 0 bridgehead atoms. The van der Waals surface area contributed by atoms with Gasteiger partial charge in [-0.05, 0) is 44.8 Å². The van der Waals surface area contributed by atoms with Crippen molar-refractivity contribution in [3.63, 3.8) is 0 Å². The smallest absolute Gasteiger partial charge is 0.00163 e. The Kier molecular flexibility index (Phi) is 29.2. The number of nitrogens with zero attached hydrogens (tertiary/aromatic N) is 1. The number of unbranched alkanes of at least 4 members (excludes halogenated alkanes) is 22. The minimum atomic E-state index is 0.839. The molecule has 0 amide bonds. The van der Waals surface area contributed by atoms with Crippen LogP contribution in [-0.2, 0) is 0 Å². The Morgan fingerprint density at radius 1 is 0.353 bits per heavy atom. The zero-order valence-electron chi connectivity index (χ0n) is 24.8. The summed E-state index contributed by atoms with van der Waals surface area (Å²) in [5.41, 5.74) is 0. The average molecular weight is 480 g/mol. The number of hydrogen-bond acceptors (Lipinski definition) is 1. The maximum Gasteiger partial charge on any atom is -0.00163 e. The largest absolute Gasteiger partial charge is 0.303 e. The first-order valence-corrected chi connectivity index (χ1v) is 16.4. The van der Waals surface area contributed by atoms with E-state index in [4.69, 9.17) is 0 Å². The van der Waals surface area contributed by atoms with E-state index in [1.165, 1.54) is 180 Å². The first kappa shape index (κ1) is 34.0. The second-order valence-electron chi connectivity index (χ2n) is 11.8. The Morgan fingerprint density at radius 2 is 0.618 bits per heavy atom. The highest BCUT2D eigenvalue weighted by Crippen LogP contribution is 2.14. The molecule has 0 aromatic rings. The molecule has 34 heavy (non-hydrogen) atoms. The lowest BCUT2D eigenvalue weighted by molar-refractivity contribution is 0.246. The fourth-order valence-corrected chi connectivity index (χ4v) is 5.13. The van der Waals surface area contributed by atoms with Gasteiger partial charge in [0.15, 0.2) is 0 Å². The second kappa shape index (κ2) is 29.2. The van der Waals surface area contributed by atoms with Crippen molar-refractivity contribution in [2.75, 3.05) is 19.6 Å². The summed E-state index contributed by atoms with van der Waals surface area (Å²) in [4.78, 5) is 2.80. The molecule has 1 nitrogen and oxygen atoms in total. The van der Waals surface area contributed by atoms with E-state index < -0.39 is 0 Å². The van der Waals surface area contributed by atoms with Crippen LogP contribution in [0.2, 0.25) is 0 Å². The van der Waals surface area contributed by atoms with Gasteiger partial charge in [0.25, 0.3) is 0 Å². The van der Waals surface area contributed by atoms with Crippen LogP contribution >= 0.6 is 0 Å². The summed E-state index contributed by atoms with van der Waals surface area (Å²) in [5.74, 6) is 0.839. The molecular weight excluding hydrogens is 410 g/mol. The van der Waals surface area contributed by atoms with E-state index in [2.05, 4.69) is 32.6 Å². The minimum Gasteiger partial charge on any atom is -0.303 e. The molecule has 0 saturated carbocycles. The quantitative estimate of drug-likeness (QED) is 0.0964. The van der Waals surface area contributed by atoms with E-state index in [9.17, 15) is 0 Å². The lowest BCUT2D eigenvalue weighted by Crippen LogP contribution is -2.28. The van der Waals surface area contributed by atoms with Crippen molar-refractivity contribution in [3.8, 4) is 0 Å². The molecule has 0 fully saturated rings. The van der Waals surface area contributed by atoms with Gasteiger partial charge in [-0.1, -0.05) is 169 Å². The van der Waals surface area contributed by atoms with E-state index in [0.29, 0.717) is 0 Å². The molecule has 0 atom stereocenters. The summed E-state index contributed by atoms with van der Waals surface area (Å²) in [6.07, 6.45) is 36.3. The fourth-order valence-electron chi connectivity index (χ4n) is 5.13. The molecule has 1 heteroatoms. The van der Waals surface area contributed by atoms with Gasteiger partial charge < -0.3 is 4.90 Å². The van der Waals surface area contributed by atoms with Crippen LogP contribution in [0, 0.1) is 5.92 Å². The maximum atomic E-state index is 2.80. The predicted octanol–water partition coefficient (Wildman–Crippen LogP) is 11.7. The summed E-state index contributed by atoms with van der Waals surface area (Å²) in [5, 5.41) is 0. The molecular formula is C33H69N. The third-order valence-electron chi connectivity index (χ3n) is 7.68. The van der Waals surface area contributed by atoms with Gasteiger partial charge in [0.2, 0.25) is 0 Å². The standard InChI is InChI=1S/C33H69N/c1-5-7-9-11-13-15-17-19-21-23-25-27-30-34(32-29-33(3)4)31-28-26-24-22-20-18-16-14-12-10-8-6-2/h33H,5-32H2,1-4H3. The zero-order chi connectivity index (χ0) is 25.0. The summed E-state index contributed by atoms with van der Waals surface area (Å²) >= 11 is 0. The molecule has 0 aliphatic heterocycles. The highest BCUT2D eigenvalue weighted by molar-refractivity contribution is 4.61. The van der Waals surface area contributed by atoms with Gasteiger partial charge in [-0.3, -0.25) is 0 Å². The van der Waals surface area contributed by atoms with E-state index in [0.717, 1.165) is 5.92 Å². The van der Waals surface area contributed by atoms with Gasteiger partial charge in [-0.25, -0.2) is 0 Å². The molecule has 0 spiro atoms. The molecule has 0 radical (unpaired) electrons. The molecule has 0 aliphatic rings. The van der Waals surface area contributed by atoms with Gasteiger partial charge in [-0.15, -0.1) is 0 Å². The van der Waals surface area contributed by atoms with E-state index >= 15 is 0 Å². The summed E-state index contributed by atoms with van der Waals surface area (Å²) in [6.45, 7) is 13.4. The molecule has 0 unspecified atom stereocenters. The molecule has 0 saturated heterocycles. The molecule has 0 heterocycles. The Labute approximate surface area is 218 Å². The van der Waals surface area contributed by atoms with Crippen LogP contribution in [0.4, 0.5) is 0 Å². The van der Waals surface area contributed by atoms with Crippen molar-refractivity contribution in [1.29, 1.82) is 0 Å². The fraction of sp³-hybridized carbons (Fsp3) is 1.00. The van der Waals surface area contributed by atoms with Crippen molar-refractivity contribution in [2.45, 2.75) is 188 Å². The van der Waals surface area contributed by atoms with Crippen molar-refractivity contribution in [2.24, 2.45) is 5.92 Å². The van der Waals surface area contributed by atoms with E-state index in [1.807, 2.05) is 0 Å². The lowest BCUT2D eigenvalue weighted by atomic mass is 10.0. The monoisotopic (exact) mass is 480 g/mol. The van der Waals surface area contributed by atoms with Crippen LogP contribution in [-0.4, -0.2) is 24.5 Å². The van der Waals surface area contributed by atoms with Crippen LogP contribution in [0.25, 0.3) is 0 Å². The highest BCUT2D eigenvalue weighted by Gasteiger charge is 2.06.